The highest BCUT2D eigenvalue weighted by molar-refractivity contribution is 5.82. The Morgan fingerprint density at radius 2 is 1.90 bits per heavy atom. The number of carbonyl (C=O) groups is 1. The molecule has 4 aliphatic heterocycles. The molecule has 0 aromatic rings. The average molecular weight is 574 g/mol. The molecule has 7 nitrogen and oxygen atoms in total. The predicted molar refractivity (Wildman–Crippen MR) is 142 cm³/mol. The second-order valence-corrected chi connectivity index (χ2v) is 14.1. The molecule has 4 saturated heterocycles. The maximum Gasteiger partial charge on any atom is 0.392 e. The van der Waals surface area contributed by atoms with Crippen molar-refractivity contribution in [3.63, 3.8) is 0 Å². The molecule has 9 atom stereocenters. The molecule has 40 heavy (non-hydrogen) atoms. The fourth-order valence-electron chi connectivity index (χ4n) is 8.97. The molecule has 6 fully saturated rings. The van der Waals surface area contributed by atoms with Crippen LogP contribution in [0.1, 0.15) is 58.3 Å². The minimum atomic E-state index is -4.33. The molecule has 11 heteroatoms. The first-order chi connectivity index (χ1) is 19.0. The smallest absolute Gasteiger partial charge is 0.380 e. The van der Waals surface area contributed by atoms with Crippen LogP contribution in [0, 0.1) is 40.9 Å². The minimum Gasteiger partial charge on any atom is -0.380 e. The van der Waals surface area contributed by atoms with Gasteiger partial charge in [-0.05, 0) is 82.2 Å². The molecule has 0 aromatic carbocycles. The van der Waals surface area contributed by atoms with E-state index in [0.29, 0.717) is 38.6 Å². The number of rotatable bonds is 6. The highest BCUT2D eigenvalue weighted by atomic mass is 19.4. The van der Waals surface area contributed by atoms with Crippen molar-refractivity contribution in [1.82, 2.24) is 25.6 Å². The second-order valence-electron chi connectivity index (χ2n) is 14.1. The third kappa shape index (κ3) is 5.54. The molecule has 6 aliphatic rings. The van der Waals surface area contributed by atoms with Gasteiger partial charge in [0.05, 0.1) is 32.0 Å². The minimum absolute atomic E-state index is 0.00293. The summed E-state index contributed by atoms with van der Waals surface area (Å²) in [5.41, 5.74) is 6.61. The Bertz CT molecular complexity index is 919. The van der Waals surface area contributed by atoms with Crippen LogP contribution in [-0.2, 0) is 9.53 Å². The number of hydrogen-bond acceptors (Lipinski definition) is 6. The van der Waals surface area contributed by atoms with Crippen LogP contribution in [0.15, 0.2) is 0 Å². The van der Waals surface area contributed by atoms with E-state index in [1.807, 2.05) is 16.7 Å². The van der Waals surface area contributed by atoms with Gasteiger partial charge in [0.15, 0.2) is 0 Å². The van der Waals surface area contributed by atoms with Gasteiger partial charge in [-0.2, -0.15) is 13.2 Å². The highest BCUT2D eigenvalue weighted by Crippen LogP contribution is 2.53. The van der Waals surface area contributed by atoms with Crippen LogP contribution in [0.25, 0.3) is 0 Å². The summed E-state index contributed by atoms with van der Waals surface area (Å²) in [7, 11) is 2.09. The third-order valence-electron chi connectivity index (χ3n) is 11.6. The van der Waals surface area contributed by atoms with Crippen molar-refractivity contribution in [2.45, 2.75) is 82.8 Å². The van der Waals surface area contributed by atoms with Crippen molar-refractivity contribution >= 4 is 5.91 Å². The van der Waals surface area contributed by atoms with E-state index in [0.717, 1.165) is 51.7 Å². The number of hydrogen-bond donors (Lipinski definition) is 2. The highest BCUT2D eigenvalue weighted by Gasteiger charge is 2.58. The Labute approximate surface area is 235 Å². The van der Waals surface area contributed by atoms with Gasteiger partial charge in [-0.15, -0.1) is 0 Å². The SMILES string of the molecule is C[C@@H]1CCN(CC2CC3C(=O)N(C4CCCC(C5(CC6NNCN6C)COC5)C4)CC3C(C(F)(F)F)C2)C[C@@H]1F. The van der Waals surface area contributed by atoms with Gasteiger partial charge < -0.3 is 14.5 Å². The van der Waals surface area contributed by atoms with Crippen LogP contribution < -0.4 is 10.9 Å². The number of fused-ring (bicyclic) bond motifs is 1. The fraction of sp³-hybridized carbons (Fsp3) is 0.966. The van der Waals surface area contributed by atoms with Crippen LogP contribution in [0.3, 0.4) is 0 Å². The van der Waals surface area contributed by atoms with Crippen LogP contribution in [0.2, 0.25) is 0 Å². The lowest BCUT2D eigenvalue weighted by molar-refractivity contribution is -0.204. The normalized spacial score (nSPS) is 43.1. The molecule has 2 aliphatic carbocycles. The zero-order chi connectivity index (χ0) is 28.2. The first-order valence-corrected chi connectivity index (χ1v) is 15.5. The zero-order valence-corrected chi connectivity index (χ0v) is 24.0. The van der Waals surface area contributed by atoms with Crippen molar-refractivity contribution in [3.05, 3.63) is 0 Å². The van der Waals surface area contributed by atoms with Crippen LogP contribution in [-0.4, -0.2) is 98.3 Å². The summed E-state index contributed by atoms with van der Waals surface area (Å²) >= 11 is 0. The summed E-state index contributed by atoms with van der Waals surface area (Å²) in [6.45, 7) is 5.81. The van der Waals surface area contributed by atoms with E-state index < -0.39 is 30.1 Å². The van der Waals surface area contributed by atoms with E-state index >= 15 is 0 Å². The van der Waals surface area contributed by atoms with Gasteiger partial charge in [-0.1, -0.05) is 13.3 Å². The fourth-order valence-corrected chi connectivity index (χ4v) is 8.97. The number of nitrogens with zero attached hydrogens (tertiary/aromatic N) is 3. The van der Waals surface area contributed by atoms with E-state index in [-0.39, 0.29) is 48.3 Å². The molecule has 0 aromatic heterocycles. The molecule has 4 heterocycles. The molecular weight excluding hydrogens is 526 g/mol. The first-order valence-electron chi connectivity index (χ1n) is 15.5. The Kier molecular flexibility index (Phi) is 8.17. The molecule has 0 bridgehead atoms. The van der Waals surface area contributed by atoms with E-state index in [1.165, 1.54) is 0 Å². The van der Waals surface area contributed by atoms with E-state index in [4.69, 9.17) is 4.74 Å². The van der Waals surface area contributed by atoms with Crippen LogP contribution in [0.4, 0.5) is 17.6 Å². The van der Waals surface area contributed by atoms with Gasteiger partial charge in [-0.25, -0.2) is 15.2 Å². The van der Waals surface area contributed by atoms with Gasteiger partial charge in [0.2, 0.25) is 5.91 Å². The lowest BCUT2D eigenvalue weighted by Gasteiger charge is -2.52. The molecule has 7 unspecified atom stereocenters. The number of amides is 1. The van der Waals surface area contributed by atoms with Crippen molar-refractivity contribution in [2.75, 3.05) is 53.1 Å². The molecule has 2 saturated carbocycles. The van der Waals surface area contributed by atoms with Crippen molar-refractivity contribution in [1.29, 1.82) is 0 Å². The monoisotopic (exact) mass is 573 g/mol. The summed E-state index contributed by atoms with van der Waals surface area (Å²) in [5.74, 6) is -2.59. The van der Waals surface area contributed by atoms with Crippen LogP contribution >= 0.6 is 0 Å². The molecule has 2 N–H and O–H groups in total. The lowest BCUT2D eigenvalue weighted by Crippen LogP contribution is -2.56. The molecular formula is C29H47F4N5O2. The number of ether oxygens (including phenoxy) is 1. The summed E-state index contributed by atoms with van der Waals surface area (Å²) in [6.07, 6.45) is 0.990. The number of likely N-dealkylation sites (tertiary alicyclic amines) is 2. The quantitative estimate of drug-likeness (QED) is 0.474. The molecule has 0 spiro atoms. The van der Waals surface area contributed by atoms with Crippen molar-refractivity contribution in [3.8, 4) is 0 Å². The first kappa shape index (κ1) is 29.1. The Hall–Kier alpha value is -1.01. The average Bonchev–Trinajstić information content (AvgIpc) is 3.45. The van der Waals surface area contributed by atoms with Crippen molar-refractivity contribution < 1.29 is 27.1 Å². The summed E-state index contributed by atoms with van der Waals surface area (Å²) in [6, 6.07) is 0.00456. The lowest BCUT2D eigenvalue weighted by atomic mass is 9.64. The van der Waals surface area contributed by atoms with E-state index in [2.05, 4.69) is 22.8 Å². The summed E-state index contributed by atoms with van der Waals surface area (Å²) in [5, 5.41) is 0. The Balaban J connectivity index is 1.14. The van der Waals surface area contributed by atoms with Gasteiger partial charge >= 0.3 is 6.18 Å². The van der Waals surface area contributed by atoms with Gasteiger partial charge in [0, 0.05) is 37.0 Å². The van der Waals surface area contributed by atoms with E-state index in [1.54, 1.807) is 0 Å². The number of carbonyl (C=O) groups excluding carboxylic acids is 1. The summed E-state index contributed by atoms with van der Waals surface area (Å²) < 4.78 is 63.3. The number of piperidine rings is 1. The number of nitrogens with one attached hydrogen (secondary N) is 2. The Morgan fingerprint density at radius 1 is 1.10 bits per heavy atom. The maximum atomic E-state index is 14.4. The van der Waals surface area contributed by atoms with Gasteiger partial charge in [0.25, 0.3) is 0 Å². The largest absolute Gasteiger partial charge is 0.392 e. The zero-order valence-electron chi connectivity index (χ0n) is 24.0. The topological polar surface area (TPSA) is 60.1 Å². The molecule has 0 radical (unpaired) electrons. The standard InChI is InChI=1S/C29H47F4N5O2/c1-18-6-7-37(14-25(18)30)12-19-8-22-23(24(9-19)29(31,32)33)13-38(27(22)39)21-5-3-4-20(10-21)28(15-40-16-28)11-26-35-34-17-36(26)2/h18-26,34-35H,3-17H2,1-2H3/t18-,19?,20?,21?,22?,23?,24?,25+,26?/m1/s1. The Morgan fingerprint density at radius 3 is 2.55 bits per heavy atom. The van der Waals surface area contributed by atoms with E-state index in [9.17, 15) is 22.4 Å². The summed E-state index contributed by atoms with van der Waals surface area (Å²) in [4.78, 5) is 19.9. The van der Waals surface area contributed by atoms with Gasteiger partial charge in [-0.3, -0.25) is 9.69 Å². The second kappa shape index (κ2) is 11.2. The molecule has 228 valence electrons. The number of halogens is 4. The number of hydrazine groups is 1. The molecule has 6 rings (SSSR count). The van der Waals surface area contributed by atoms with Gasteiger partial charge in [0.1, 0.15) is 6.17 Å². The third-order valence-corrected chi connectivity index (χ3v) is 11.6. The molecule has 1 amide bonds. The maximum absolute atomic E-state index is 14.4. The van der Waals surface area contributed by atoms with Crippen LogP contribution in [0.5, 0.6) is 0 Å². The number of alkyl halides is 4. The van der Waals surface area contributed by atoms with Crippen molar-refractivity contribution in [2.24, 2.45) is 40.9 Å². The predicted octanol–water partition coefficient (Wildman–Crippen LogP) is 3.62.